The molecule has 0 bridgehead atoms. The van der Waals surface area contributed by atoms with Gasteiger partial charge in [0.2, 0.25) is 0 Å². The summed E-state index contributed by atoms with van der Waals surface area (Å²) in [5, 5.41) is 12.3. The minimum Gasteiger partial charge on any atom is -0.493 e. The number of hydrogen-bond acceptors (Lipinski definition) is 3. The maximum absolute atomic E-state index is 9.00. The van der Waals surface area contributed by atoms with E-state index in [0.717, 1.165) is 30.8 Å². The van der Waals surface area contributed by atoms with Gasteiger partial charge < -0.3 is 10.1 Å². The van der Waals surface area contributed by atoms with Crippen molar-refractivity contribution in [2.24, 2.45) is 5.41 Å². The third-order valence-corrected chi connectivity index (χ3v) is 3.14. The highest BCUT2D eigenvalue weighted by molar-refractivity contribution is 5.40. The Balaban J connectivity index is 2.69. The standard InChI is InChI=1S/C16H24N2O/c1-5-18-11-14-8-6-7-13(2)15(14)19-10-9-16(3,4)12-17/h6-8,18H,5,9-11H2,1-4H3. The first-order chi connectivity index (χ1) is 9.00. The lowest BCUT2D eigenvalue weighted by Gasteiger charge is -2.18. The van der Waals surface area contributed by atoms with Crippen molar-refractivity contribution in [1.29, 1.82) is 5.26 Å². The van der Waals surface area contributed by atoms with Gasteiger partial charge in [0, 0.05) is 12.1 Å². The molecular formula is C16H24N2O. The van der Waals surface area contributed by atoms with E-state index in [1.54, 1.807) is 0 Å². The molecule has 0 aliphatic heterocycles. The highest BCUT2D eigenvalue weighted by Gasteiger charge is 2.17. The SMILES string of the molecule is CCNCc1cccc(C)c1OCCC(C)(C)C#N. The number of aryl methyl sites for hydroxylation is 1. The second-order valence-corrected chi connectivity index (χ2v) is 5.44. The molecular weight excluding hydrogens is 236 g/mol. The highest BCUT2D eigenvalue weighted by Crippen LogP contribution is 2.25. The fourth-order valence-corrected chi connectivity index (χ4v) is 1.78. The maximum atomic E-state index is 9.00. The van der Waals surface area contributed by atoms with Crippen LogP contribution in [0.3, 0.4) is 0 Å². The number of hydrogen-bond donors (Lipinski definition) is 1. The van der Waals surface area contributed by atoms with Crippen LogP contribution in [0.4, 0.5) is 0 Å². The van der Waals surface area contributed by atoms with E-state index in [1.807, 2.05) is 19.9 Å². The molecule has 0 unspecified atom stereocenters. The zero-order valence-corrected chi connectivity index (χ0v) is 12.4. The van der Waals surface area contributed by atoms with Crippen molar-refractivity contribution in [2.75, 3.05) is 13.2 Å². The van der Waals surface area contributed by atoms with E-state index in [2.05, 4.69) is 37.4 Å². The number of para-hydroxylation sites is 1. The first-order valence-corrected chi connectivity index (χ1v) is 6.83. The second kappa shape index (κ2) is 7.16. The minimum absolute atomic E-state index is 0.329. The molecule has 0 atom stereocenters. The maximum Gasteiger partial charge on any atom is 0.126 e. The molecule has 1 rings (SSSR count). The van der Waals surface area contributed by atoms with Crippen molar-refractivity contribution < 1.29 is 4.74 Å². The summed E-state index contributed by atoms with van der Waals surface area (Å²) in [5.41, 5.74) is 1.99. The number of nitrogens with one attached hydrogen (secondary N) is 1. The van der Waals surface area contributed by atoms with Crippen LogP contribution in [0, 0.1) is 23.7 Å². The van der Waals surface area contributed by atoms with E-state index >= 15 is 0 Å². The van der Waals surface area contributed by atoms with Gasteiger partial charge in [-0.05, 0) is 39.3 Å². The second-order valence-electron chi connectivity index (χ2n) is 5.44. The highest BCUT2D eigenvalue weighted by atomic mass is 16.5. The van der Waals surface area contributed by atoms with Crippen LogP contribution in [0.25, 0.3) is 0 Å². The van der Waals surface area contributed by atoms with Crippen LogP contribution in [-0.2, 0) is 6.54 Å². The van der Waals surface area contributed by atoms with Gasteiger partial charge in [0.25, 0.3) is 0 Å². The zero-order chi connectivity index (χ0) is 14.3. The third kappa shape index (κ3) is 4.92. The van der Waals surface area contributed by atoms with Crippen LogP contribution < -0.4 is 10.1 Å². The van der Waals surface area contributed by atoms with E-state index in [-0.39, 0.29) is 5.41 Å². The lowest BCUT2D eigenvalue weighted by atomic mass is 9.92. The van der Waals surface area contributed by atoms with Crippen molar-refractivity contribution in [3.63, 3.8) is 0 Å². The topological polar surface area (TPSA) is 45.0 Å². The molecule has 0 spiro atoms. The van der Waals surface area contributed by atoms with E-state index in [9.17, 15) is 0 Å². The predicted molar refractivity (Wildman–Crippen MR) is 78.1 cm³/mol. The van der Waals surface area contributed by atoms with Gasteiger partial charge in [0.1, 0.15) is 5.75 Å². The molecule has 3 nitrogen and oxygen atoms in total. The van der Waals surface area contributed by atoms with Gasteiger partial charge in [0.05, 0.1) is 18.1 Å². The van der Waals surface area contributed by atoms with E-state index in [1.165, 1.54) is 5.56 Å². The zero-order valence-electron chi connectivity index (χ0n) is 12.4. The van der Waals surface area contributed by atoms with Gasteiger partial charge in [-0.2, -0.15) is 5.26 Å². The van der Waals surface area contributed by atoms with Crippen molar-refractivity contribution in [2.45, 2.75) is 40.7 Å². The van der Waals surface area contributed by atoms with Gasteiger partial charge >= 0.3 is 0 Å². The normalized spacial score (nSPS) is 11.1. The van der Waals surface area contributed by atoms with Gasteiger partial charge in [-0.15, -0.1) is 0 Å². The number of rotatable bonds is 7. The van der Waals surface area contributed by atoms with Crippen LogP contribution in [0.15, 0.2) is 18.2 Å². The quantitative estimate of drug-likeness (QED) is 0.817. The molecule has 0 aliphatic rings. The monoisotopic (exact) mass is 260 g/mol. The number of nitriles is 1. The predicted octanol–water partition coefficient (Wildman–Crippen LogP) is 3.42. The van der Waals surface area contributed by atoms with Gasteiger partial charge in [-0.3, -0.25) is 0 Å². The third-order valence-electron chi connectivity index (χ3n) is 3.14. The van der Waals surface area contributed by atoms with Crippen LogP contribution in [0.1, 0.15) is 38.3 Å². The molecule has 0 saturated carbocycles. The Morgan fingerprint density at radius 2 is 2.11 bits per heavy atom. The first-order valence-electron chi connectivity index (χ1n) is 6.83. The largest absolute Gasteiger partial charge is 0.493 e. The average molecular weight is 260 g/mol. The molecule has 104 valence electrons. The summed E-state index contributed by atoms with van der Waals surface area (Å²) in [6.45, 7) is 10.3. The summed E-state index contributed by atoms with van der Waals surface area (Å²) >= 11 is 0. The van der Waals surface area contributed by atoms with E-state index in [4.69, 9.17) is 10.00 Å². The average Bonchev–Trinajstić information content (AvgIpc) is 2.38. The molecule has 1 aromatic rings. The Morgan fingerprint density at radius 3 is 2.74 bits per heavy atom. The van der Waals surface area contributed by atoms with Gasteiger partial charge in [0.15, 0.2) is 0 Å². The fraction of sp³-hybridized carbons (Fsp3) is 0.562. The van der Waals surface area contributed by atoms with E-state index < -0.39 is 0 Å². The summed E-state index contributed by atoms with van der Waals surface area (Å²) in [4.78, 5) is 0. The fourth-order valence-electron chi connectivity index (χ4n) is 1.78. The van der Waals surface area contributed by atoms with Gasteiger partial charge in [-0.25, -0.2) is 0 Å². The Labute approximate surface area is 116 Å². The van der Waals surface area contributed by atoms with Crippen molar-refractivity contribution in [1.82, 2.24) is 5.32 Å². The summed E-state index contributed by atoms with van der Waals surface area (Å²) in [6, 6.07) is 8.49. The molecule has 1 aromatic carbocycles. The molecule has 3 heteroatoms. The summed E-state index contributed by atoms with van der Waals surface area (Å²) < 4.78 is 5.91. The number of benzene rings is 1. The Morgan fingerprint density at radius 1 is 1.37 bits per heavy atom. The number of ether oxygens (including phenoxy) is 1. The molecule has 0 aromatic heterocycles. The van der Waals surface area contributed by atoms with Crippen molar-refractivity contribution >= 4 is 0 Å². The minimum atomic E-state index is -0.329. The molecule has 19 heavy (non-hydrogen) atoms. The summed E-state index contributed by atoms with van der Waals surface area (Å²) in [5.74, 6) is 0.956. The van der Waals surface area contributed by atoms with Gasteiger partial charge in [-0.1, -0.05) is 25.1 Å². The Bertz CT molecular complexity index is 447. The molecule has 0 aliphatic carbocycles. The number of nitrogens with zero attached hydrogens (tertiary/aromatic N) is 1. The smallest absolute Gasteiger partial charge is 0.126 e. The molecule has 0 amide bonds. The molecule has 0 saturated heterocycles. The molecule has 0 fully saturated rings. The summed E-state index contributed by atoms with van der Waals surface area (Å²) in [7, 11) is 0. The lowest BCUT2D eigenvalue weighted by Crippen LogP contribution is -2.16. The summed E-state index contributed by atoms with van der Waals surface area (Å²) in [6.07, 6.45) is 0.735. The Hall–Kier alpha value is -1.53. The van der Waals surface area contributed by atoms with Crippen LogP contribution in [0.2, 0.25) is 0 Å². The van der Waals surface area contributed by atoms with Crippen molar-refractivity contribution in [3.8, 4) is 11.8 Å². The molecule has 1 N–H and O–H groups in total. The first kappa shape index (κ1) is 15.5. The van der Waals surface area contributed by atoms with Crippen LogP contribution >= 0.6 is 0 Å². The lowest BCUT2D eigenvalue weighted by molar-refractivity contribution is 0.260. The van der Waals surface area contributed by atoms with Crippen molar-refractivity contribution in [3.05, 3.63) is 29.3 Å². The molecule has 0 heterocycles. The Kier molecular flexibility index (Phi) is 5.85. The van der Waals surface area contributed by atoms with Crippen LogP contribution in [-0.4, -0.2) is 13.2 Å². The molecule has 0 radical (unpaired) electrons. The van der Waals surface area contributed by atoms with Crippen LogP contribution in [0.5, 0.6) is 5.75 Å². The van der Waals surface area contributed by atoms with E-state index in [0.29, 0.717) is 6.61 Å².